The molecule has 1 unspecified atom stereocenters. The number of nitrogens with zero attached hydrogens (tertiary/aromatic N) is 1. The van der Waals surface area contributed by atoms with Crippen molar-refractivity contribution in [2.24, 2.45) is 0 Å². The molecule has 0 aromatic heterocycles. The first-order valence-electron chi connectivity index (χ1n) is 7.17. The Kier molecular flexibility index (Phi) is 4.18. The van der Waals surface area contributed by atoms with E-state index in [0.717, 1.165) is 0 Å². The van der Waals surface area contributed by atoms with Crippen LogP contribution in [0.25, 0.3) is 0 Å². The summed E-state index contributed by atoms with van der Waals surface area (Å²) in [4.78, 5) is 24.5. The van der Waals surface area contributed by atoms with Crippen LogP contribution in [0.3, 0.4) is 0 Å². The van der Waals surface area contributed by atoms with E-state index < -0.39 is 18.2 Å². The molecule has 2 heterocycles. The van der Waals surface area contributed by atoms with Gasteiger partial charge in [-0.05, 0) is 17.7 Å². The third-order valence-electron chi connectivity index (χ3n) is 4.01. The second-order valence-electron chi connectivity index (χ2n) is 5.60. The molecule has 124 valence electrons. The maximum Gasteiger partial charge on any atom is 0.343 e. The number of alkyl halides is 1. The van der Waals surface area contributed by atoms with Crippen molar-refractivity contribution in [3.05, 3.63) is 22.2 Å². The fourth-order valence-corrected chi connectivity index (χ4v) is 3.14. The molecular weight excluding hydrogens is 373 g/mol. The zero-order valence-electron chi connectivity index (χ0n) is 12.2. The monoisotopic (exact) mass is 387 g/mol. The topological polar surface area (TPSA) is 76.1 Å². The first-order chi connectivity index (χ1) is 10.9. The summed E-state index contributed by atoms with van der Waals surface area (Å²) in [5, 5.41) is 8.89. The smallest absolute Gasteiger partial charge is 0.343 e. The van der Waals surface area contributed by atoms with Crippen molar-refractivity contribution in [3.8, 4) is 11.5 Å². The number of carbonyl (C=O) groups excluding carboxylic acids is 1. The summed E-state index contributed by atoms with van der Waals surface area (Å²) in [6.07, 6.45) is -0.149. The van der Waals surface area contributed by atoms with E-state index in [1.165, 1.54) is 4.90 Å². The molecule has 1 saturated heterocycles. The molecule has 1 aromatic rings. The lowest BCUT2D eigenvalue weighted by molar-refractivity contribution is -0.150. The highest BCUT2D eigenvalue weighted by Crippen LogP contribution is 2.36. The minimum absolute atomic E-state index is 0.0346. The first kappa shape index (κ1) is 16.0. The lowest BCUT2D eigenvalue weighted by Crippen LogP contribution is -2.39. The van der Waals surface area contributed by atoms with Gasteiger partial charge in [0.05, 0.1) is 13.0 Å². The Balaban J connectivity index is 1.72. The van der Waals surface area contributed by atoms with Crippen molar-refractivity contribution in [2.75, 3.05) is 26.3 Å². The van der Waals surface area contributed by atoms with Gasteiger partial charge in [0.2, 0.25) is 11.6 Å². The van der Waals surface area contributed by atoms with Gasteiger partial charge in [0, 0.05) is 17.4 Å². The van der Waals surface area contributed by atoms with Crippen molar-refractivity contribution in [3.63, 3.8) is 0 Å². The van der Waals surface area contributed by atoms with Crippen LogP contribution in [0.5, 0.6) is 11.5 Å². The minimum Gasteiger partial charge on any atom is -0.486 e. The van der Waals surface area contributed by atoms with Crippen molar-refractivity contribution in [2.45, 2.75) is 18.5 Å². The maximum atomic E-state index is 14.0. The number of aliphatic carboxylic acids is 1. The van der Waals surface area contributed by atoms with Crippen LogP contribution < -0.4 is 9.47 Å². The van der Waals surface area contributed by atoms with Gasteiger partial charge in [-0.2, -0.15) is 0 Å². The standard InChI is InChI=1S/C15H15BrFNO5/c16-10-7-12-11(22-3-4-23-12)5-9(10)6-13(19)18-2-1-15(17,8-18)14(20)21/h5,7H,1-4,6,8H2,(H,20,21). The predicted octanol–water partition coefficient (Wildman–Crippen LogP) is 1.79. The lowest BCUT2D eigenvalue weighted by Gasteiger charge is -2.21. The number of halogens is 2. The van der Waals surface area contributed by atoms with Gasteiger partial charge in [0.25, 0.3) is 0 Å². The van der Waals surface area contributed by atoms with Crippen molar-refractivity contribution in [1.82, 2.24) is 4.90 Å². The van der Waals surface area contributed by atoms with Crippen molar-refractivity contribution < 1.29 is 28.6 Å². The Morgan fingerprint density at radius 1 is 1.30 bits per heavy atom. The Morgan fingerprint density at radius 3 is 2.57 bits per heavy atom. The highest BCUT2D eigenvalue weighted by molar-refractivity contribution is 9.10. The highest BCUT2D eigenvalue weighted by atomic mass is 79.9. The number of hydrogen-bond donors (Lipinski definition) is 1. The number of hydrogen-bond acceptors (Lipinski definition) is 4. The number of amides is 1. The summed E-state index contributed by atoms with van der Waals surface area (Å²) >= 11 is 3.38. The van der Waals surface area contributed by atoms with Gasteiger partial charge in [-0.3, -0.25) is 4.79 Å². The summed E-state index contributed by atoms with van der Waals surface area (Å²) < 4.78 is 25.7. The molecule has 1 atom stereocenters. The summed E-state index contributed by atoms with van der Waals surface area (Å²) in [5.41, 5.74) is -1.66. The second-order valence-corrected chi connectivity index (χ2v) is 6.45. The summed E-state index contributed by atoms with van der Waals surface area (Å²) in [5.74, 6) is -0.667. The Bertz CT molecular complexity index is 668. The van der Waals surface area contributed by atoms with E-state index >= 15 is 0 Å². The Labute approximate surface area is 140 Å². The van der Waals surface area contributed by atoms with Gasteiger partial charge in [-0.25, -0.2) is 9.18 Å². The quantitative estimate of drug-likeness (QED) is 0.855. The van der Waals surface area contributed by atoms with Crippen LogP contribution in [0.1, 0.15) is 12.0 Å². The van der Waals surface area contributed by atoms with E-state index in [0.29, 0.717) is 34.7 Å². The van der Waals surface area contributed by atoms with Crippen LogP contribution >= 0.6 is 15.9 Å². The molecular formula is C15H15BrFNO5. The lowest BCUT2D eigenvalue weighted by atomic mass is 10.1. The van der Waals surface area contributed by atoms with Crippen LogP contribution in [0.4, 0.5) is 4.39 Å². The summed E-state index contributed by atoms with van der Waals surface area (Å²) in [7, 11) is 0. The molecule has 6 nitrogen and oxygen atoms in total. The number of likely N-dealkylation sites (tertiary alicyclic amines) is 1. The third-order valence-corrected chi connectivity index (χ3v) is 4.75. The van der Waals surface area contributed by atoms with E-state index in [9.17, 15) is 14.0 Å². The molecule has 1 fully saturated rings. The predicted molar refractivity (Wildman–Crippen MR) is 81.5 cm³/mol. The zero-order valence-corrected chi connectivity index (χ0v) is 13.8. The van der Waals surface area contributed by atoms with E-state index in [1.54, 1.807) is 12.1 Å². The average molecular weight is 388 g/mol. The van der Waals surface area contributed by atoms with Crippen molar-refractivity contribution >= 4 is 27.8 Å². The van der Waals surface area contributed by atoms with E-state index in [2.05, 4.69) is 15.9 Å². The van der Waals surface area contributed by atoms with Gasteiger partial charge in [-0.15, -0.1) is 0 Å². The zero-order chi connectivity index (χ0) is 16.6. The molecule has 0 aliphatic carbocycles. The maximum absolute atomic E-state index is 14.0. The van der Waals surface area contributed by atoms with Crippen LogP contribution in [0.15, 0.2) is 16.6 Å². The van der Waals surface area contributed by atoms with Gasteiger partial charge in [-0.1, -0.05) is 15.9 Å². The average Bonchev–Trinajstić information content (AvgIpc) is 2.92. The largest absolute Gasteiger partial charge is 0.486 e. The summed E-state index contributed by atoms with van der Waals surface area (Å²) in [6, 6.07) is 3.45. The normalized spacial score (nSPS) is 23.0. The molecule has 23 heavy (non-hydrogen) atoms. The molecule has 0 bridgehead atoms. The number of rotatable bonds is 3. The Hall–Kier alpha value is -1.83. The first-order valence-corrected chi connectivity index (χ1v) is 7.96. The molecule has 0 radical (unpaired) electrons. The number of benzene rings is 1. The van der Waals surface area contributed by atoms with Gasteiger partial charge in [0.15, 0.2) is 11.5 Å². The minimum atomic E-state index is -2.35. The van der Waals surface area contributed by atoms with Crippen LogP contribution in [-0.2, 0) is 16.0 Å². The number of ether oxygens (including phenoxy) is 2. The SMILES string of the molecule is O=C(Cc1cc2c(cc1Br)OCCO2)N1CCC(F)(C(=O)O)C1. The Morgan fingerprint density at radius 2 is 1.96 bits per heavy atom. The number of carboxylic acids is 1. The van der Waals surface area contributed by atoms with E-state index in [4.69, 9.17) is 14.6 Å². The molecule has 0 saturated carbocycles. The van der Waals surface area contributed by atoms with Crippen molar-refractivity contribution in [1.29, 1.82) is 0 Å². The van der Waals surface area contributed by atoms with Gasteiger partial charge >= 0.3 is 5.97 Å². The van der Waals surface area contributed by atoms with Crippen LogP contribution in [0.2, 0.25) is 0 Å². The van der Waals surface area contributed by atoms with E-state index in [1.807, 2.05) is 0 Å². The molecule has 8 heteroatoms. The fraction of sp³-hybridized carbons (Fsp3) is 0.467. The number of carboxylic acid groups (broad SMARTS) is 1. The highest BCUT2D eigenvalue weighted by Gasteiger charge is 2.46. The second kappa shape index (κ2) is 5.99. The molecule has 3 rings (SSSR count). The molecule has 0 spiro atoms. The van der Waals surface area contributed by atoms with Gasteiger partial charge in [0.1, 0.15) is 13.2 Å². The molecule has 2 aliphatic heterocycles. The molecule has 1 amide bonds. The van der Waals surface area contributed by atoms with Crippen LogP contribution in [0, 0.1) is 0 Å². The molecule has 1 aromatic carbocycles. The van der Waals surface area contributed by atoms with Crippen LogP contribution in [-0.4, -0.2) is 53.9 Å². The number of fused-ring (bicyclic) bond motifs is 1. The fourth-order valence-electron chi connectivity index (χ4n) is 2.68. The third kappa shape index (κ3) is 3.12. The summed E-state index contributed by atoms with van der Waals surface area (Å²) in [6.45, 7) is 0.601. The number of carbonyl (C=O) groups is 2. The molecule has 2 aliphatic rings. The van der Waals surface area contributed by atoms with Gasteiger partial charge < -0.3 is 19.5 Å². The van der Waals surface area contributed by atoms with E-state index in [-0.39, 0.29) is 25.3 Å². The molecule has 1 N–H and O–H groups in total.